The van der Waals surface area contributed by atoms with Gasteiger partial charge in [-0.05, 0) is 24.0 Å². The lowest BCUT2D eigenvalue weighted by Gasteiger charge is -2.10. The number of aryl methyl sites for hydroxylation is 1. The average Bonchev–Trinajstić information content (AvgIpc) is 2.75. The zero-order valence-corrected chi connectivity index (χ0v) is 12.9. The third-order valence-corrected chi connectivity index (χ3v) is 3.56. The molecule has 0 atom stereocenters. The van der Waals surface area contributed by atoms with Crippen LogP contribution in [-0.2, 0) is 11.3 Å². The van der Waals surface area contributed by atoms with Gasteiger partial charge in [-0.1, -0.05) is 38.1 Å². The van der Waals surface area contributed by atoms with Crippen LogP contribution in [-0.4, -0.2) is 22.6 Å². The molecule has 21 heavy (non-hydrogen) atoms. The minimum absolute atomic E-state index is 0.175. The average molecular weight is 287 g/mol. The standard InChI is InChI=1S/C16H21N3O2/c1-10(2)13-7-5-12(6-8-13)9-19-11(3)18-14(15(19)17)16(20)21-4/h5-8,10H,9,17H2,1-4H3. The largest absolute Gasteiger partial charge is 0.464 e. The van der Waals surface area contributed by atoms with Crippen molar-refractivity contribution in [3.05, 3.63) is 46.9 Å². The van der Waals surface area contributed by atoms with Crippen LogP contribution in [0.25, 0.3) is 0 Å². The number of methoxy groups -OCH3 is 1. The molecule has 0 unspecified atom stereocenters. The molecule has 2 N–H and O–H groups in total. The van der Waals surface area contributed by atoms with Crippen molar-refractivity contribution in [3.63, 3.8) is 0 Å². The van der Waals surface area contributed by atoms with Crippen LogP contribution in [0.15, 0.2) is 24.3 Å². The number of hydrogen-bond acceptors (Lipinski definition) is 4. The number of anilines is 1. The molecule has 2 rings (SSSR count). The van der Waals surface area contributed by atoms with E-state index in [-0.39, 0.29) is 5.69 Å². The molecule has 0 bridgehead atoms. The Morgan fingerprint density at radius 1 is 1.33 bits per heavy atom. The summed E-state index contributed by atoms with van der Waals surface area (Å²) in [6.07, 6.45) is 0. The Bertz CT molecular complexity index is 642. The minimum atomic E-state index is -0.510. The van der Waals surface area contributed by atoms with Crippen LogP contribution < -0.4 is 5.73 Å². The fraction of sp³-hybridized carbons (Fsp3) is 0.375. The maximum atomic E-state index is 11.6. The summed E-state index contributed by atoms with van der Waals surface area (Å²) >= 11 is 0. The van der Waals surface area contributed by atoms with Crippen LogP contribution in [0.5, 0.6) is 0 Å². The van der Waals surface area contributed by atoms with Gasteiger partial charge in [-0.2, -0.15) is 0 Å². The summed E-state index contributed by atoms with van der Waals surface area (Å²) in [7, 11) is 1.32. The number of carbonyl (C=O) groups excluding carboxylic acids is 1. The van der Waals surface area contributed by atoms with E-state index in [4.69, 9.17) is 5.73 Å². The number of imidazole rings is 1. The highest BCUT2D eigenvalue weighted by Gasteiger charge is 2.19. The molecule has 0 radical (unpaired) electrons. The first-order chi connectivity index (χ1) is 9.93. The summed E-state index contributed by atoms with van der Waals surface area (Å²) < 4.78 is 6.50. The second-order valence-corrected chi connectivity index (χ2v) is 5.37. The van der Waals surface area contributed by atoms with Crippen LogP contribution in [0.3, 0.4) is 0 Å². The fourth-order valence-electron chi connectivity index (χ4n) is 2.22. The Morgan fingerprint density at radius 3 is 2.48 bits per heavy atom. The van der Waals surface area contributed by atoms with Gasteiger partial charge in [0, 0.05) is 0 Å². The molecule has 1 heterocycles. The Morgan fingerprint density at radius 2 is 1.95 bits per heavy atom. The summed E-state index contributed by atoms with van der Waals surface area (Å²) in [5.74, 6) is 1.03. The molecule has 0 saturated heterocycles. The topological polar surface area (TPSA) is 70.1 Å². The molecule has 0 aliphatic carbocycles. The molecule has 112 valence electrons. The van der Waals surface area contributed by atoms with Gasteiger partial charge in [0.05, 0.1) is 13.7 Å². The van der Waals surface area contributed by atoms with Gasteiger partial charge in [-0.15, -0.1) is 0 Å². The van der Waals surface area contributed by atoms with E-state index in [1.54, 1.807) is 0 Å². The second kappa shape index (κ2) is 5.99. The first kappa shape index (κ1) is 15.1. The molecule has 5 heteroatoms. The quantitative estimate of drug-likeness (QED) is 0.878. The van der Waals surface area contributed by atoms with E-state index in [9.17, 15) is 4.79 Å². The van der Waals surface area contributed by atoms with Crippen molar-refractivity contribution in [3.8, 4) is 0 Å². The second-order valence-electron chi connectivity index (χ2n) is 5.37. The summed E-state index contributed by atoms with van der Waals surface area (Å²) in [6, 6.07) is 8.38. The smallest absolute Gasteiger partial charge is 0.360 e. The van der Waals surface area contributed by atoms with E-state index in [2.05, 4.69) is 47.8 Å². The van der Waals surface area contributed by atoms with Crippen molar-refractivity contribution >= 4 is 11.8 Å². The molecule has 0 amide bonds. The molecule has 1 aromatic heterocycles. The molecule has 0 saturated carbocycles. The molecular weight excluding hydrogens is 266 g/mol. The number of nitrogens with zero attached hydrogens (tertiary/aromatic N) is 2. The number of rotatable bonds is 4. The Balaban J connectivity index is 2.27. The van der Waals surface area contributed by atoms with Gasteiger partial charge in [0.25, 0.3) is 0 Å². The van der Waals surface area contributed by atoms with Gasteiger partial charge in [0.1, 0.15) is 11.6 Å². The van der Waals surface area contributed by atoms with Crippen molar-refractivity contribution in [1.82, 2.24) is 9.55 Å². The van der Waals surface area contributed by atoms with E-state index >= 15 is 0 Å². The molecular formula is C16H21N3O2. The van der Waals surface area contributed by atoms with E-state index in [1.165, 1.54) is 12.7 Å². The van der Waals surface area contributed by atoms with Crippen LogP contribution in [0.2, 0.25) is 0 Å². The number of ether oxygens (including phenoxy) is 1. The monoisotopic (exact) mass is 287 g/mol. The molecule has 0 aliphatic rings. The Hall–Kier alpha value is -2.30. The van der Waals surface area contributed by atoms with Gasteiger partial charge in [-0.25, -0.2) is 9.78 Å². The predicted octanol–water partition coefficient (Wildman–Crippen LogP) is 2.73. The summed E-state index contributed by atoms with van der Waals surface area (Å²) in [6.45, 7) is 6.73. The number of hydrogen-bond donors (Lipinski definition) is 1. The fourth-order valence-corrected chi connectivity index (χ4v) is 2.22. The van der Waals surface area contributed by atoms with Gasteiger partial charge in [-0.3, -0.25) is 0 Å². The Labute approximate surface area is 124 Å². The van der Waals surface area contributed by atoms with Gasteiger partial charge >= 0.3 is 5.97 Å². The number of aromatic nitrogens is 2. The lowest BCUT2D eigenvalue weighted by Crippen LogP contribution is -2.09. The molecule has 2 aromatic rings. The first-order valence-corrected chi connectivity index (χ1v) is 6.93. The van der Waals surface area contributed by atoms with Gasteiger partial charge < -0.3 is 15.0 Å². The summed E-state index contributed by atoms with van der Waals surface area (Å²) in [4.78, 5) is 15.8. The summed E-state index contributed by atoms with van der Waals surface area (Å²) in [5, 5.41) is 0. The third kappa shape index (κ3) is 3.07. The number of nitrogen functional groups attached to an aromatic ring is 1. The number of esters is 1. The number of nitrogens with two attached hydrogens (primary N) is 1. The van der Waals surface area contributed by atoms with Crippen LogP contribution in [0.4, 0.5) is 5.82 Å². The van der Waals surface area contributed by atoms with Crippen molar-refractivity contribution in [1.29, 1.82) is 0 Å². The lowest BCUT2D eigenvalue weighted by atomic mass is 10.0. The van der Waals surface area contributed by atoms with E-state index in [1.807, 2.05) is 11.5 Å². The lowest BCUT2D eigenvalue weighted by molar-refractivity contribution is 0.0595. The maximum Gasteiger partial charge on any atom is 0.360 e. The van der Waals surface area contributed by atoms with E-state index < -0.39 is 5.97 Å². The van der Waals surface area contributed by atoms with E-state index in [0.717, 1.165) is 5.56 Å². The molecule has 5 nitrogen and oxygen atoms in total. The SMILES string of the molecule is COC(=O)c1nc(C)n(Cc2ccc(C(C)C)cc2)c1N. The number of benzene rings is 1. The zero-order chi connectivity index (χ0) is 15.6. The predicted molar refractivity (Wildman–Crippen MR) is 82.3 cm³/mol. The van der Waals surface area contributed by atoms with Crippen LogP contribution >= 0.6 is 0 Å². The van der Waals surface area contributed by atoms with Crippen LogP contribution in [0.1, 0.15) is 47.2 Å². The highest BCUT2D eigenvalue weighted by Crippen LogP contribution is 2.19. The minimum Gasteiger partial charge on any atom is -0.464 e. The van der Waals surface area contributed by atoms with Crippen LogP contribution in [0, 0.1) is 6.92 Å². The molecule has 0 spiro atoms. The van der Waals surface area contributed by atoms with Gasteiger partial charge in [0.15, 0.2) is 5.69 Å². The molecule has 0 fully saturated rings. The Kier molecular flexibility index (Phi) is 4.31. The first-order valence-electron chi connectivity index (χ1n) is 6.93. The zero-order valence-electron chi connectivity index (χ0n) is 12.9. The van der Waals surface area contributed by atoms with Crippen molar-refractivity contribution in [2.75, 3.05) is 12.8 Å². The normalized spacial score (nSPS) is 10.9. The van der Waals surface area contributed by atoms with E-state index in [0.29, 0.717) is 24.1 Å². The van der Waals surface area contributed by atoms with Crippen molar-refractivity contribution in [2.24, 2.45) is 0 Å². The third-order valence-electron chi connectivity index (χ3n) is 3.56. The van der Waals surface area contributed by atoms with Crippen molar-refractivity contribution < 1.29 is 9.53 Å². The van der Waals surface area contributed by atoms with Crippen molar-refractivity contribution in [2.45, 2.75) is 33.2 Å². The summed E-state index contributed by atoms with van der Waals surface area (Å²) in [5.41, 5.74) is 8.59. The molecule has 1 aromatic carbocycles. The highest BCUT2D eigenvalue weighted by atomic mass is 16.5. The number of carbonyl (C=O) groups is 1. The highest BCUT2D eigenvalue weighted by molar-refractivity contribution is 5.92. The molecule has 0 aliphatic heterocycles. The maximum absolute atomic E-state index is 11.6. The van der Waals surface area contributed by atoms with Gasteiger partial charge in [0.2, 0.25) is 0 Å².